The van der Waals surface area contributed by atoms with Gasteiger partial charge in [0.25, 0.3) is 15.7 Å². The molecular formula is C20H20N4O4S2. The SMILES string of the molecule is Cc1ccc(NS(=O)(=O)c2cc([N+](=O)[O-])ccc2NN=Cc2sccc2C)c(C)c1. The Morgan fingerprint density at radius 3 is 2.40 bits per heavy atom. The molecule has 2 aromatic carbocycles. The van der Waals surface area contributed by atoms with Crippen LogP contribution in [0.15, 0.2) is 57.8 Å². The van der Waals surface area contributed by atoms with Crippen LogP contribution in [-0.2, 0) is 10.0 Å². The fraction of sp³-hybridized carbons (Fsp3) is 0.150. The smallest absolute Gasteiger partial charge is 0.270 e. The van der Waals surface area contributed by atoms with Crippen molar-refractivity contribution in [1.29, 1.82) is 0 Å². The van der Waals surface area contributed by atoms with Gasteiger partial charge in [0.1, 0.15) is 4.90 Å². The van der Waals surface area contributed by atoms with E-state index in [0.29, 0.717) is 5.69 Å². The van der Waals surface area contributed by atoms with Gasteiger partial charge in [0.05, 0.1) is 22.5 Å². The molecule has 0 bridgehead atoms. The van der Waals surface area contributed by atoms with Crippen molar-refractivity contribution in [2.24, 2.45) is 5.10 Å². The first-order chi connectivity index (χ1) is 14.2. The summed E-state index contributed by atoms with van der Waals surface area (Å²) in [6.45, 7) is 5.62. The first kappa shape index (κ1) is 21.5. The third kappa shape index (κ3) is 4.84. The van der Waals surface area contributed by atoms with E-state index in [1.165, 1.54) is 23.5 Å². The number of rotatable bonds is 7. The molecule has 0 atom stereocenters. The fourth-order valence-corrected chi connectivity index (χ4v) is 4.84. The molecule has 0 aliphatic carbocycles. The normalized spacial score (nSPS) is 11.6. The van der Waals surface area contributed by atoms with Gasteiger partial charge in [-0.15, -0.1) is 11.3 Å². The number of nitrogens with zero attached hydrogens (tertiary/aromatic N) is 2. The van der Waals surface area contributed by atoms with Crippen LogP contribution in [0.3, 0.4) is 0 Å². The average molecular weight is 445 g/mol. The van der Waals surface area contributed by atoms with Crippen molar-refractivity contribution in [1.82, 2.24) is 0 Å². The number of thiophene rings is 1. The number of nitrogens with one attached hydrogen (secondary N) is 2. The number of anilines is 2. The van der Waals surface area contributed by atoms with Crippen molar-refractivity contribution < 1.29 is 13.3 Å². The van der Waals surface area contributed by atoms with Crippen LogP contribution in [0.5, 0.6) is 0 Å². The minimum atomic E-state index is -4.12. The first-order valence-corrected chi connectivity index (χ1v) is 11.3. The van der Waals surface area contributed by atoms with Crippen molar-refractivity contribution in [2.75, 3.05) is 10.1 Å². The van der Waals surface area contributed by atoms with Crippen LogP contribution >= 0.6 is 11.3 Å². The molecule has 3 aromatic rings. The van der Waals surface area contributed by atoms with Crippen LogP contribution < -0.4 is 10.1 Å². The van der Waals surface area contributed by atoms with E-state index in [2.05, 4.69) is 15.2 Å². The van der Waals surface area contributed by atoms with Crippen LogP contribution in [0.1, 0.15) is 21.6 Å². The zero-order valence-corrected chi connectivity index (χ0v) is 18.2. The molecule has 0 amide bonds. The molecule has 3 rings (SSSR count). The zero-order chi connectivity index (χ0) is 21.9. The Hall–Kier alpha value is -3.24. The highest BCUT2D eigenvalue weighted by molar-refractivity contribution is 7.92. The van der Waals surface area contributed by atoms with Crippen molar-refractivity contribution in [3.05, 3.63) is 79.5 Å². The third-order valence-corrected chi connectivity index (χ3v) is 6.72. The Kier molecular flexibility index (Phi) is 6.18. The molecule has 0 unspecified atom stereocenters. The van der Waals surface area contributed by atoms with Gasteiger partial charge >= 0.3 is 0 Å². The van der Waals surface area contributed by atoms with Gasteiger partial charge in [0, 0.05) is 17.0 Å². The minimum Gasteiger partial charge on any atom is -0.279 e. The lowest BCUT2D eigenvalue weighted by molar-refractivity contribution is -0.385. The second kappa shape index (κ2) is 8.64. The maximum absolute atomic E-state index is 13.1. The Labute approximate surface area is 178 Å². The van der Waals surface area contributed by atoms with Gasteiger partial charge in [-0.25, -0.2) is 8.42 Å². The van der Waals surface area contributed by atoms with Crippen molar-refractivity contribution in [2.45, 2.75) is 25.7 Å². The maximum atomic E-state index is 13.1. The first-order valence-electron chi connectivity index (χ1n) is 8.89. The van der Waals surface area contributed by atoms with Gasteiger partial charge in [0.2, 0.25) is 0 Å². The van der Waals surface area contributed by atoms with Crippen molar-refractivity contribution in [3.8, 4) is 0 Å². The summed E-state index contributed by atoms with van der Waals surface area (Å²) in [5.74, 6) is 0. The van der Waals surface area contributed by atoms with E-state index in [9.17, 15) is 18.5 Å². The minimum absolute atomic E-state index is 0.128. The fourth-order valence-electron chi connectivity index (χ4n) is 2.74. The van der Waals surface area contributed by atoms with E-state index in [4.69, 9.17) is 0 Å². The van der Waals surface area contributed by atoms with E-state index in [-0.39, 0.29) is 16.3 Å². The molecule has 0 saturated heterocycles. The molecule has 10 heteroatoms. The Balaban J connectivity index is 1.97. The molecule has 156 valence electrons. The monoisotopic (exact) mass is 444 g/mol. The van der Waals surface area contributed by atoms with Crippen molar-refractivity contribution in [3.63, 3.8) is 0 Å². The predicted molar refractivity (Wildman–Crippen MR) is 120 cm³/mol. The van der Waals surface area contributed by atoms with Crippen LogP contribution in [0.4, 0.5) is 17.1 Å². The Morgan fingerprint density at radius 2 is 1.77 bits per heavy atom. The topological polar surface area (TPSA) is 114 Å². The average Bonchev–Trinajstić information content (AvgIpc) is 3.09. The van der Waals surface area contributed by atoms with E-state index in [1.807, 2.05) is 31.4 Å². The molecule has 0 spiro atoms. The van der Waals surface area contributed by atoms with Gasteiger partial charge < -0.3 is 0 Å². The summed E-state index contributed by atoms with van der Waals surface area (Å²) in [5, 5.41) is 17.2. The van der Waals surface area contributed by atoms with Crippen molar-refractivity contribution >= 4 is 44.6 Å². The molecule has 30 heavy (non-hydrogen) atoms. The maximum Gasteiger partial charge on any atom is 0.270 e. The summed E-state index contributed by atoms with van der Waals surface area (Å²) < 4.78 is 28.6. The summed E-state index contributed by atoms with van der Waals surface area (Å²) in [6, 6.07) is 10.8. The highest BCUT2D eigenvalue weighted by Crippen LogP contribution is 2.29. The lowest BCUT2D eigenvalue weighted by Crippen LogP contribution is -2.16. The number of aryl methyl sites for hydroxylation is 3. The molecule has 0 aliphatic rings. The summed E-state index contributed by atoms with van der Waals surface area (Å²) in [4.78, 5) is 11.2. The predicted octanol–water partition coefficient (Wildman–Crippen LogP) is 4.83. The Morgan fingerprint density at radius 1 is 1.03 bits per heavy atom. The number of hydrazone groups is 1. The Bertz CT molecular complexity index is 1230. The van der Waals surface area contributed by atoms with Crippen LogP contribution in [0.25, 0.3) is 0 Å². The molecule has 1 aromatic heterocycles. The molecule has 0 aliphatic heterocycles. The van der Waals surface area contributed by atoms with Gasteiger partial charge in [0.15, 0.2) is 0 Å². The molecule has 0 saturated carbocycles. The standard InChI is InChI=1S/C20H20N4O4S2/c1-13-4-6-17(15(3)10-13)23-30(27,28)20-11-16(24(25)26)5-7-18(20)22-21-12-19-14(2)8-9-29-19/h4-12,22-23H,1-3H3. The summed E-state index contributed by atoms with van der Waals surface area (Å²) in [6.07, 6.45) is 1.58. The number of hydrogen-bond acceptors (Lipinski definition) is 7. The summed E-state index contributed by atoms with van der Waals surface area (Å²) in [5.41, 5.74) is 5.66. The van der Waals surface area contributed by atoms with Crippen LogP contribution in [0.2, 0.25) is 0 Å². The molecule has 0 fully saturated rings. The second-order valence-electron chi connectivity index (χ2n) is 6.70. The van der Waals surface area contributed by atoms with Gasteiger partial charge in [-0.2, -0.15) is 5.10 Å². The molecular weight excluding hydrogens is 424 g/mol. The molecule has 0 radical (unpaired) electrons. The van der Waals surface area contributed by atoms with Gasteiger partial charge in [-0.05, 0) is 55.5 Å². The second-order valence-corrected chi connectivity index (χ2v) is 9.30. The van der Waals surface area contributed by atoms with E-state index in [0.717, 1.165) is 27.6 Å². The van der Waals surface area contributed by atoms with E-state index in [1.54, 1.807) is 25.3 Å². The quantitative estimate of drug-likeness (QED) is 0.308. The summed E-state index contributed by atoms with van der Waals surface area (Å²) in [7, 11) is -4.12. The molecule has 8 nitrogen and oxygen atoms in total. The van der Waals surface area contributed by atoms with Gasteiger partial charge in [-0.1, -0.05) is 17.7 Å². The molecule has 1 heterocycles. The third-order valence-electron chi connectivity index (χ3n) is 4.36. The zero-order valence-electron chi connectivity index (χ0n) is 16.5. The number of non-ortho nitro benzene ring substituents is 1. The van der Waals surface area contributed by atoms with Crippen LogP contribution in [0, 0.1) is 30.9 Å². The number of nitro groups is 1. The molecule has 2 N–H and O–H groups in total. The lowest BCUT2D eigenvalue weighted by Gasteiger charge is -2.14. The number of sulfonamides is 1. The highest BCUT2D eigenvalue weighted by Gasteiger charge is 2.23. The largest absolute Gasteiger partial charge is 0.279 e. The highest BCUT2D eigenvalue weighted by atomic mass is 32.2. The lowest BCUT2D eigenvalue weighted by atomic mass is 10.1. The summed E-state index contributed by atoms with van der Waals surface area (Å²) >= 11 is 1.50. The van der Waals surface area contributed by atoms with Gasteiger partial charge in [-0.3, -0.25) is 20.3 Å². The number of nitro benzene ring substituents is 1. The van der Waals surface area contributed by atoms with E-state index >= 15 is 0 Å². The number of hydrogen-bond donors (Lipinski definition) is 2. The van der Waals surface area contributed by atoms with E-state index < -0.39 is 14.9 Å². The number of benzene rings is 2. The van der Waals surface area contributed by atoms with Crippen LogP contribution in [-0.4, -0.2) is 19.6 Å².